The number of methoxy groups -OCH3 is 1. The number of nitrogens with zero attached hydrogens (tertiary/aromatic N) is 3. The molecular formula is C26H26ClN3O5S. The van der Waals surface area contributed by atoms with Gasteiger partial charge in [0, 0.05) is 35.7 Å². The van der Waals surface area contributed by atoms with Crippen LogP contribution in [0.5, 0.6) is 11.5 Å². The summed E-state index contributed by atoms with van der Waals surface area (Å²) in [6.45, 7) is 1.39. The van der Waals surface area contributed by atoms with E-state index in [0.29, 0.717) is 45.7 Å². The third-order valence-corrected chi connectivity index (χ3v) is 6.50. The van der Waals surface area contributed by atoms with Crippen LogP contribution in [0.15, 0.2) is 70.4 Å². The first-order valence-corrected chi connectivity index (χ1v) is 13.3. The normalized spacial score (nSPS) is 11.6. The highest BCUT2D eigenvalue weighted by atomic mass is 35.5. The quantitative estimate of drug-likeness (QED) is 0.278. The Kier molecular flexibility index (Phi) is 7.63. The SMILES string of the molecule is COc1cc(-c2oc(-c3ccc(OCCN(C)C)cc3)cc2-c2ccnc(S(C)(=O)=O)n2)ccc1Cl. The summed E-state index contributed by atoms with van der Waals surface area (Å²) in [5, 5.41) is 0.197. The number of furan rings is 1. The van der Waals surface area contributed by atoms with Crippen LogP contribution < -0.4 is 9.47 Å². The maximum absolute atomic E-state index is 12.1. The summed E-state index contributed by atoms with van der Waals surface area (Å²) in [6, 6.07) is 16.3. The van der Waals surface area contributed by atoms with Crippen molar-refractivity contribution in [2.75, 3.05) is 40.6 Å². The van der Waals surface area contributed by atoms with Crippen molar-refractivity contribution in [2.45, 2.75) is 5.16 Å². The number of likely N-dealkylation sites (N-methyl/N-ethyl adjacent to an activating group) is 1. The largest absolute Gasteiger partial charge is 0.495 e. The number of aromatic nitrogens is 2. The molecule has 0 radical (unpaired) electrons. The lowest BCUT2D eigenvalue weighted by Crippen LogP contribution is -2.19. The minimum Gasteiger partial charge on any atom is -0.495 e. The molecule has 36 heavy (non-hydrogen) atoms. The smallest absolute Gasteiger partial charge is 0.247 e. The zero-order chi connectivity index (χ0) is 25.9. The second-order valence-electron chi connectivity index (χ2n) is 8.38. The predicted molar refractivity (Wildman–Crippen MR) is 139 cm³/mol. The second kappa shape index (κ2) is 10.7. The van der Waals surface area contributed by atoms with E-state index in [9.17, 15) is 8.42 Å². The van der Waals surface area contributed by atoms with Crippen LogP contribution >= 0.6 is 11.6 Å². The first-order chi connectivity index (χ1) is 17.2. The van der Waals surface area contributed by atoms with Gasteiger partial charge in [-0.1, -0.05) is 11.6 Å². The summed E-state index contributed by atoms with van der Waals surface area (Å²) >= 11 is 6.22. The molecule has 188 valence electrons. The van der Waals surface area contributed by atoms with Gasteiger partial charge in [-0.25, -0.2) is 18.4 Å². The van der Waals surface area contributed by atoms with E-state index in [0.717, 1.165) is 24.1 Å². The van der Waals surface area contributed by atoms with Crippen molar-refractivity contribution in [2.24, 2.45) is 0 Å². The molecule has 0 aliphatic carbocycles. The molecule has 10 heteroatoms. The highest BCUT2D eigenvalue weighted by Gasteiger charge is 2.20. The Balaban J connectivity index is 1.78. The summed E-state index contributed by atoms with van der Waals surface area (Å²) in [6.07, 6.45) is 2.48. The summed E-state index contributed by atoms with van der Waals surface area (Å²) in [7, 11) is 1.92. The van der Waals surface area contributed by atoms with Gasteiger partial charge in [-0.05, 0) is 68.7 Å². The zero-order valence-electron chi connectivity index (χ0n) is 20.4. The van der Waals surface area contributed by atoms with Gasteiger partial charge in [-0.2, -0.15) is 0 Å². The van der Waals surface area contributed by atoms with E-state index in [-0.39, 0.29) is 5.16 Å². The van der Waals surface area contributed by atoms with Crippen molar-refractivity contribution in [1.29, 1.82) is 0 Å². The van der Waals surface area contributed by atoms with E-state index in [2.05, 4.69) is 9.97 Å². The average molecular weight is 528 g/mol. The van der Waals surface area contributed by atoms with E-state index in [1.165, 1.54) is 13.3 Å². The fourth-order valence-electron chi connectivity index (χ4n) is 3.47. The minimum atomic E-state index is -3.60. The van der Waals surface area contributed by atoms with E-state index < -0.39 is 9.84 Å². The third kappa shape index (κ3) is 5.87. The molecule has 0 spiro atoms. The molecule has 8 nitrogen and oxygen atoms in total. The van der Waals surface area contributed by atoms with Crippen LogP contribution in [0.3, 0.4) is 0 Å². The molecule has 2 heterocycles. The summed E-state index contributed by atoms with van der Waals surface area (Å²) in [4.78, 5) is 10.2. The van der Waals surface area contributed by atoms with E-state index in [1.807, 2.05) is 49.3 Å². The molecule has 0 bridgehead atoms. The monoisotopic (exact) mass is 527 g/mol. The second-order valence-corrected chi connectivity index (χ2v) is 10.7. The van der Waals surface area contributed by atoms with Gasteiger partial charge in [-0.15, -0.1) is 0 Å². The Morgan fingerprint density at radius 1 is 1.03 bits per heavy atom. The molecule has 0 N–H and O–H groups in total. The standard InChI is InChI=1S/C26H26ClN3O5S/c1-30(2)13-14-34-19-8-5-17(6-9-19)23-16-20(22-11-12-28-26(29-22)36(4,31)32)25(35-23)18-7-10-21(27)24(15-18)33-3/h5-12,15-16H,13-14H2,1-4H3. The van der Waals surface area contributed by atoms with Crippen molar-refractivity contribution in [3.63, 3.8) is 0 Å². The van der Waals surface area contributed by atoms with Crippen LogP contribution in [0.4, 0.5) is 0 Å². The number of sulfone groups is 1. The van der Waals surface area contributed by atoms with Crippen molar-refractivity contribution >= 4 is 21.4 Å². The number of halogens is 1. The third-order valence-electron chi connectivity index (χ3n) is 5.33. The Labute approximate surface area is 215 Å². The van der Waals surface area contributed by atoms with Crippen molar-refractivity contribution in [3.05, 3.63) is 65.8 Å². The molecule has 0 atom stereocenters. The molecule has 0 fully saturated rings. The number of hydrogen-bond donors (Lipinski definition) is 0. The van der Waals surface area contributed by atoms with Gasteiger partial charge >= 0.3 is 0 Å². The van der Waals surface area contributed by atoms with Crippen LogP contribution in [0.2, 0.25) is 5.02 Å². The van der Waals surface area contributed by atoms with Crippen molar-refractivity contribution in [1.82, 2.24) is 14.9 Å². The van der Waals surface area contributed by atoms with Crippen molar-refractivity contribution < 1.29 is 22.3 Å². The van der Waals surface area contributed by atoms with Gasteiger partial charge in [-0.3, -0.25) is 0 Å². The predicted octanol–water partition coefficient (Wildman–Crippen LogP) is 5.08. The molecule has 0 saturated heterocycles. The number of hydrogen-bond acceptors (Lipinski definition) is 8. The number of benzene rings is 2. The first-order valence-electron chi connectivity index (χ1n) is 11.0. The lowest BCUT2D eigenvalue weighted by Gasteiger charge is -2.11. The van der Waals surface area contributed by atoms with Crippen LogP contribution in [-0.2, 0) is 9.84 Å². The molecular weight excluding hydrogens is 502 g/mol. The first kappa shape index (κ1) is 25.7. The van der Waals surface area contributed by atoms with Crippen LogP contribution in [-0.4, -0.2) is 63.9 Å². The van der Waals surface area contributed by atoms with Crippen LogP contribution in [0, 0.1) is 0 Å². The molecule has 0 unspecified atom stereocenters. The van der Waals surface area contributed by atoms with E-state index in [4.69, 9.17) is 25.5 Å². The molecule has 0 amide bonds. The van der Waals surface area contributed by atoms with Gasteiger partial charge in [0.2, 0.25) is 15.0 Å². The van der Waals surface area contributed by atoms with Gasteiger partial charge in [0.1, 0.15) is 29.6 Å². The molecule has 0 saturated carbocycles. The Morgan fingerprint density at radius 2 is 1.75 bits per heavy atom. The van der Waals surface area contributed by atoms with Gasteiger partial charge in [0.05, 0.1) is 17.8 Å². The van der Waals surface area contributed by atoms with E-state index in [1.54, 1.807) is 24.3 Å². The van der Waals surface area contributed by atoms with Crippen LogP contribution in [0.25, 0.3) is 33.9 Å². The summed E-state index contributed by atoms with van der Waals surface area (Å²) in [5.74, 6) is 2.30. The van der Waals surface area contributed by atoms with Gasteiger partial charge < -0.3 is 18.8 Å². The Bertz CT molecular complexity index is 1470. The highest BCUT2D eigenvalue weighted by molar-refractivity contribution is 7.90. The van der Waals surface area contributed by atoms with Gasteiger partial charge in [0.25, 0.3) is 0 Å². The van der Waals surface area contributed by atoms with Gasteiger partial charge in [0.15, 0.2) is 0 Å². The average Bonchev–Trinajstić information content (AvgIpc) is 3.30. The van der Waals surface area contributed by atoms with E-state index >= 15 is 0 Å². The molecule has 4 rings (SSSR count). The molecule has 2 aromatic carbocycles. The fraction of sp³-hybridized carbons (Fsp3) is 0.231. The minimum absolute atomic E-state index is 0.262. The maximum Gasteiger partial charge on any atom is 0.247 e. The molecule has 4 aromatic rings. The molecule has 0 aliphatic rings. The fourth-order valence-corrected chi connectivity index (χ4v) is 4.18. The number of ether oxygens (including phenoxy) is 2. The lowest BCUT2D eigenvalue weighted by molar-refractivity contribution is 0.261. The zero-order valence-corrected chi connectivity index (χ0v) is 21.9. The Morgan fingerprint density at radius 3 is 2.42 bits per heavy atom. The molecule has 0 aliphatic heterocycles. The maximum atomic E-state index is 12.1. The summed E-state index contributed by atoms with van der Waals surface area (Å²) in [5.41, 5.74) is 2.53. The van der Waals surface area contributed by atoms with Crippen LogP contribution in [0.1, 0.15) is 0 Å². The molecule has 2 aromatic heterocycles. The summed E-state index contributed by atoms with van der Waals surface area (Å²) < 4.78 is 41.6. The highest BCUT2D eigenvalue weighted by Crippen LogP contribution is 2.40. The topological polar surface area (TPSA) is 94.8 Å². The van der Waals surface area contributed by atoms with Crippen molar-refractivity contribution in [3.8, 4) is 45.4 Å². The number of rotatable bonds is 9. The lowest BCUT2D eigenvalue weighted by atomic mass is 10.0. The Hall–Kier alpha value is -3.40.